The Balaban J connectivity index is 2.88. The van der Waals surface area contributed by atoms with Crippen LogP contribution in [0, 0.1) is 12.3 Å². The topological polar surface area (TPSA) is 0 Å². The van der Waals surface area contributed by atoms with Crippen LogP contribution in [0.2, 0.25) is 0 Å². The van der Waals surface area contributed by atoms with E-state index in [-0.39, 0.29) is 0 Å². The predicted molar refractivity (Wildman–Crippen MR) is 27.2 cm³/mol. The third kappa shape index (κ3) is 4.14. The fraction of sp³-hybridized carbons (Fsp3) is 0.500. The van der Waals surface area contributed by atoms with Gasteiger partial charge in [-0.2, -0.15) is 0 Å². The van der Waals surface area contributed by atoms with E-state index >= 15 is 0 Å². The van der Waals surface area contributed by atoms with E-state index in [0.29, 0.717) is 6.42 Å². The maximum absolute atomic E-state index is 6.31. The summed E-state index contributed by atoms with van der Waals surface area (Å²) in [5.74, 6) is 2.05. The molecule has 33 valence electrons. The summed E-state index contributed by atoms with van der Waals surface area (Å²) in [5.41, 5.74) is 0. The van der Waals surface area contributed by atoms with Gasteiger partial charge in [0.15, 0.2) is 0 Å². The van der Waals surface area contributed by atoms with Crippen LogP contribution in [0.15, 0.2) is 0 Å². The molecule has 6 heavy (non-hydrogen) atoms. The van der Waals surface area contributed by atoms with Crippen molar-refractivity contribution in [1.29, 1.82) is 0 Å². The van der Waals surface area contributed by atoms with E-state index in [1.807, 2.05) is 0 Å². The third-order valence-electron chi connectivity index (χ3n) is 0.256. The second-order valence-corrected chi connectivity index (χ2v) is 2.05. The van der Waals surface area contributed by atoms with E-state index in [1.165, 1.54) is 0 Å². The summed E-state index contributed by atoms with van der Waals surface area (Å²) in [7, 11) is 0. The second kappa shape index (κ2) is 3.33. The summed E-state index contributed by atoms with van der Waals surface area (Å²) in [4.78, 5) is -0.456. The van der Waals surface area contributed by atoms with Gasteiger partial charge >= 0.3 is 0 Å². The molecule has 0 amide bonds. The molecule has 0 heterocycles. The van der Waals surface area contributed by atoms with E-state index in [1.54, 1.807) is 0 Å². The minimum Gasteiger partial charge on any atom is -0.104 e. The molecule has 0 saturated carbocycles. The first-order valence-corrected chi connectivity index (χ1v) is 2.32. The van der Waals surface area contributed by atoms with Gasteiger partial charge < -0.3 is 0 Å². The van der Waals surface area contributed by atoms with Gasteiger partial charge in [0.2, 0.25) is 0 Å². The van der Waals surface area contributed by atoms with Crippen LogP contribution in [-0.4, -0.2) is 4.84 Å². The summed E-state index contributed by atoms with van der Waals surface area (Å²) in [6.45, 7) is 0. The first-order valence-electron chi connectivity index (χ1n) is 1.45. The van der Waals surface area contributed by atoms with Crippen LogP contribution in [-0.2, 0) is 0 Å². The van der Waals surface area contributed by atoms with Crippen LogP contribution in [0.4, 0.5) is 0 Å². The zero-order chi connectivity index (χ0) is 4.99. The molecule has 0 spiro atoms. The van der Waals surface area contributed by atoms with Crippen molar-refractivity contribution in [3.63, 3.8) is 0 Å². The van der Waals surface area contributed by atoms with Gasteiger partial charge in [0, 0.05) is 6.42 Å². The molecular weight excluding hydrogens is 119 g/mol. The number of halogens is 2. The molecule has 0 rings (SSSR count). The molecule has 0 aliphatic rings. The Bertz CT molecular complexity index is 60.4. The SMILES string of the molecule is [C]#CCC(Cl)Cl. The standard InChI is InChI=1S/C4H3Cl2/c1-2-3-4(5)6/h4H,3H2. The molecule has 0 aliphatic carbocycles. The van der Waals surface area contributed by atoms with Crippen LogP contribution < -0.4 is 0 Å². The van der Waals surface area contributed by atoms with Crippen molar-refractivity contribution in [2.75, 3.05) is 0 Å². The Labute approximate surface area is 47.4 Å². The van der Waals surface area contributed by atoms with Gasteiger partial charge in [-0.3, -0.25) is 0 Å². The monoisotopic (exact) mass is 121 g/mol. The van der Waals surface area contributed by atoms with Crippen LogP contribution in [0.25, 0.3) is 0 Å². The van der Waals surface area contributed by atoms with Crippen LogP contribution in [0.3, 0.4) is 0 Å². The molecule has 0 fully saturated rings. The lowest BCUT2D eigenvalue weighted by molar-refractivity contribution is 1.20. The smallest absolute Gasteiger partial charge is 0.104 e. The average Bonchev–Trinajstić information content (AvgIpc) is 1.35. The third-order valence-corrected chi connectivity index (χ3v) is 0.565. The van der Waals surface area contributed by atoms with Gasteiger partial charge in [-0.15, -0.1) is 23.2 Å². The van der Waals surface area contributed by atoms with Gasteiger partial charge in [-0.1, -0.05) is 5.92 Å². The molecule has 0 aliphatic heterocycles. The van der Waals surface area contributed by atoms with Crippen molar-refractivity contribution in [3.8, 4) is 5.92 Å². The molecule has 0 unspecified atom stereocenters. The summed E-state index contributed by atoms with van der Waals surface area (Å²) in [6, 6.07) is 0. The molecule has 1 radical (unpaired) electrons. The Kier molecular flexibility index (Phi) is 3.41. The van der Waals surface area contributed by atoms with Gasteiger partial charge in [-0.25, -0.2) is 0 Å². The maximum atomic E-state index is 6.31. The van der Waals surface area contributed by atoms with E-state index in [0.717, 1.165) is 0 Å². The van der Waals surface area contributed by atoms with Crippen molar-refractivity contribution >= 4 is 23.2 Å². The molecule has 0 aromatic carbocycles. The van der Waals surface area contributed by atoms with Gasteiger partial charge in [0.1, 0.15) is 4.84 Å². The molecule has 0 N–H and O–H groups in total. The second-order valence-electron chi connectivity index (χ2n) is 0.772. The normalized spacial score (nSPS) is 8.33. The molecule has 0 nitrogen and oxygen atoms in total. The highest BCUT2D eigenvalue weighted by molar-refractivity contribution is 6.44. The highest BCUT2D eigenvalue weighted by atomic mass is 35.5. The number of rotatable bonds is 1. The molecular formula is C4H3Cl2. The van der Waals surface area contributed by atoms with Crippen molar-refractivity contribution in [2.45, 2.75) is 11.3 Å². The zero-order valence-electron chi connectivity index (χ0n) is 3.04. The molecule has 0 atom stereocenters. The van der Waals surface area contributed by atoms with Gasteiger partial charge in [-0.05, 0) is 6.42 Å². The Morgan fingerprint density at radius 2 is 2.17 bits per heavy atom. The van der Waals surface area contributed by atoms with Crippen LogP contribution >= 0.6 is 23.2 Å². The largest absolute Gasteiger partial charge is 0.118 e. The molecule has 2 heteroatoms. The van der Waals surface area contributed by atoms with Gasteiger partial charge in [0.25, 0.3) is 0 Å². The van der Waals surface area contributed by atoms with Crippen LogP contribution in [0.1, 0.15) is 6.42 Å². The first kappa shape index (κ1) is 6.14. The lowest BCUT2D eigenvalue weighted by Crippen LogP contribution is -1.78. The number of hydrogen-bond donors (Lipinski definition) is 0. The van der Waals surface area contributed by atoms with E-state index in [2.05, 4.69) is 5.92 Å². The lowest BCUT2D eigenvalue weighted by Gasteiger charge is -1.84. The summed E-state index contributed by atoms with van der Waals surface area (Å²) in [5, 5.41) is 0. The minimum absolute atomic E-state index is 0.323. The van der Waals surface area contributed by atoms with Crippen molar-refractivity contribution < 1.29 is 0 Å². The van der Waals surface area contributed by atoms with Crippen molar-refractivity contribution in [2.24, 2.45) is 0 Å². The predicted octanol–water partition coefficient (Wildman–Crippen LogP) is 1.77. The van der Waals surface area contributed by atoms with Crippen LogP contribution in [0.5, 0.6) is 0 Å². The van der Waals surface area contributed by atoms with E-state index in [4.69, 9.17) is 29.6 Å². The molecule has 0 saturated heterocycles. The van der Waals surface area contributed by atoms with E-state index < -0.39 is 4.84 Å². The molecule has 0 bridgehead atoms. The fourth-order valence-electron chi connectivity index (χ4n) is 0.0772. The fourth-order valence-corrected chi connectivity index (χ4v) is 0.231. The highest BCUT2D eigenvalue weighted by Crippen LogP contribution is 2.03. The van der Waals surface area contributed by atoms with E-state index in [9.17, 15) is 0 Å². The molecule has 0 aromatic rings. The first-order chi connectivity index (χ1) is 2.77. The Hall–Kier alpha value is 0.140. The average molecular weight is 122 g/mol. The number of alkyl halides is 2. The van der Waals surface area contributed by atoms with Crippen molar-refractivity contribution in [3.05, 3.63) is 6.42 Å². The summed E-state index contributed by atoms with van der Waals surface area (Å²) in [6.07, 6.45) is 6.64. The quantitative estimate of drug-likeness (QED) is 0.367. The Morgan fingerprint density at radius 1 is 1.67 bits per heavy atom. The minimum atomic E-state index is -0.456. The van der Waals surface area contributed by atoms with Gasteiger partial charge in [0.05, 0.1) is 0 Å². The summed E-state index contributed by atoms with van der Waals surface area (Å²) < 4.78 is 0. The van der Waals surface area contributed by atoms with Crippen molar-refractivity contribution in [1.82, 2.24) is 0 Å². The Morgan fingerprint density at radius 3 is 2.17 bits per heavy atom. The number of hydrogen-bond acceptors (Lipinski definition) is 0. The molecule has 0 aromatic heterocycles. The highest BCUT2D eigenvalue weighted by Gasteiger charge is 1.89. The lowest BCUT2D eigenvalue weighted by atomic mass is 10.5. The summed E-state index contributed by atoms with van der Waals surface area (Å²) >= 11 is 10.3. The zero-order valence-corrected chi connectivity index (χ0v) is 4.55. The maximum Gasteiger partial charge on any atom is 0.118 e.